The van der Waals surface area contributed by atoms with Crippen LogP contribution in [0, 0.1) is 0 Å². The van der Waals surface area contributed by atoms with E-state index in [1.54, 1.807) is 0 Å². The first-order valence-corrected chi connectivity index (χ1v) is 6.43. The third-order valence-corrected chi connectivity index (χ3v) is 3.15. The van der Waals surface area contributed by atoms with Crippen LogP contribution in [0.5, 0.6) is 0 Å². The average Bonchev–Trinajstić information content (AvgIpc) is 2.26. The molecule has 0 aliphatic heterocycles. The van der Waals surface area contributed by atoms with Crippen LogP contribution in [0.1, 0.15) is 17.5 Å². The average molecular weight is 307 g/mol. The highest BCUT2D eigenvalue weighted by molar-refractivity contribution is 9.08. The highest BCUT2D eigenvalue weighted by Crippen LogP contribution is 2.20. The van der Waals surface area contributed by atoms with E-state index >= 15 is 0 Å². The SMILES string of the molecule is O=C(O)NCCCc1ccc(Cl)c(CBr)c1. The van der Waals surface area contributed by atoms with E-state index in [4.69, 9.17) is 16.7 Å². The van der Waals surface area contributed by atoms with E-state index in [1.165, 1.54) is 5.56 Å². The van der Waals surface area contributed by atoms with E-state index in [-0.39, 0.29) is 0 Å². The van der Waals surface area contributed by atoms with Gasteiger partial charge in [0.15, 0.2) is 0 Å². The van der Waals surface area contributed by atoms with Crippen molar-refractivity contribution in [3.63, 3.8) is 0 Å². The molecule has 0 unspecified atom stereocenters. The number of benzene rings is 1. The summed E-state index contributed by atoms with van der Waals surface area (Å²) in [6.45, 7) is 0.474. The zero-order valence-electron chi connectivity index (χ0n) is 8.67. The number of nitrogens with one attached hydrogen (secondary N) is 1. The molecule has 0 bridgehead atoms. The number of hydrogen-bond donors (Lipinski definition) is 2. The van der Waals surface area contributed by atoms with Gasteiger partial charge in [-0.25, -0.2) is 4.79 Å². The van der Waals surface area contributed by atoms with Gasteiger partial charge in [-0.3, -0.25) is 0 Å². The first-order valence-electron chi connectivity index (χ1n) is 4.93. The molecule has 0 saturated heterocycles. The zero-order chi connectivity index (χ0) is 12.0. The predicted octanol–water partition coefficient (Wildman–Crippen LogP) is 3.44. The Morgan fingerprint density at radius 1 is 1.50 bits per heavy atom. The fourth-order valence-corrected chi connectivity index (χ4v) is 2.18. The van der Waals surface area contributed by atoms with Gasteiger partial charge in [-0.2, -0.15) is 0 Å². The Morgan fingerprint density at radius 3 is 2.88 bits per heavy atom. The molecule has 0 saturated carbocycles. The van der Waals surface area contributed by atoms with E-state index < -0.39 is 6.09 Å². The van der Waals surface area contributed by atoms with Crippen molar-refractivity contribution in [1.82, 2.24) is 5.32 Å². The van der Waals surface area contributed by atoms with Crippen molar-refractivity contribution in [3.8, 4) is 0 Å². The molecule has 16 heavy (non-hydrogen) atoms. The van der Waals surface area contributed by atoms with Gasteiger partial charge >= 0.3 is 6.09 Å². The minimum atomic E-state index is -0.975. The Morgan fingerprint density at radius 2 is 2.25 bits per heavy atom. The third kappa shape index (κ3) is 4.41. The molecule has 88 valence electrons. The maximum atomic E-state index is 10.2. The number of alkyl halides is 1. The lowest BCUT2D eigenvalue weighted by Crippen LogP contribution is -2.22. The molecule has 3 nitrogen and oxygen atoms in total. The molecule has 0 heterocycles. The van der Waals surface area contributed by atoms with E-state index in [0.29, 0.717) is 6.54 Å². The number of carbonyl (C=O) groups is 1. The lowest BCUT2D eigenvalue weighted by Gasteiger charge is -2.05. The Bertz CT molecular complexity index is 371. The fraction of sp³-hybridized carbons (Fsp3) is 0.364. The lowest BCUT2D eigenvalue weighted by molar-refractivity contribution is 0.194. The van der Waals surface area contributed by atoms with E-state index in [0.717, 1.165) is 28.8 Å². The Balaban J connectivity index is 2.45. The summed E-state index contributed by atoms with van der Waals surface area (Å²) in [4.78, 5) is 10.2. The lowest BCUT2D eigenvalue weighted by atomic mass is 10.1. The molecule has 5 heteroatoms. The molecular formula is C11H13BrClNO2. The van der Waals surface area contributed by atoms with Gasteiger partial charge in [0, 0.05) is 16.9 Å². The molecule has 0 fully saturated rings. The second kappa shape index (κ2) is 6.76. The molecule has 0 atom stereocenters. The largest absolute Gasteiger partial charge is 0.465 e. The number of carboxylic acid groups (broad SMARTS) is 1. The normalized spacial score (nSPS) is 10.1. The van der Waals surface area contributed by atoms with Gasteiger partial charge in [-0.05, 0) is 30.0 Å². The highest BCUT2D eigenvalue weighted by atomic mass is 79.9. The first kappa shape index (κ1) is 13.3. The van der Waals surface area contributed by atoms with Crippen LogP contribution in [0.4, 0.5) is 4.79 Å². The van der Waals surface area contributed by atoms with Crippen LogP contribution >= 0.6 is 27.5 Å². The molecule has 1 aromatic carbocycles. The molecule has 0 radical (unpaired) electrons. The monoisotopic (exact) mass is 305 g/mol. The van der Waals surface area contributed by atoms with Gasteiger partial charge < -0.3 is 10.4 Å². The number of halogens is 2. The summed E-state index contributed by atoms with van der Waals surface area (Å²) in [7, 11) is 0. The maximum absolute atomic E-state index is 10.2. The van der Waals surface area contributed by atoms with Crippen molar-refractivity contribution >= 4 is 33.6 Å². The number of rotatable bonds is 5. The maximum Gasteiger partial charge on any atom is 0.404 e. The predicted molar refractivity (Wildman–Crippen MR) is 68.4 cm³/mol. The van der Waals surface area contributed by atoms with Crippen LogP contribution in [0.3, 0.4) is 0 Å². The summed E-state index contributed by atoms with van der Waals surface area (Å²) in [6, 6.07) is 5.88. The van der Waals surface area contributed by atoms with Crippen molar-refractivity contribution in [2.24, 2.45) is 0 Å². The van der Waals surface area contributed by atoms with Gasteiger partial charge in [-0.15, -0.1) is 0 Å². The molecule has 0 spiro atoms. The van der Waals surface area contributed by atoms with E-state index in [2.05, 4.69) is 21.2 Å². The van der Waals surface area contributed by atoms with Crippen LogP contribution in [0.2, 0.25) is 5.02 Å². The molecular weight excluding hydrogens is 293 g/mol. The van der Waals surface area contributed by atoms with Gasteiger partial charge in [0.25, 0.3) is 0 Å². The summed E-state index contributed by atoms with van der Waals surface area (Å²) in [5, 5.41) is 12.2. The highest BCUT2D eigenvalue weighted by Gasteiger charge is 2.01. The van der Waals surface area contributed by atoms with Crippen molar-refractivity contribution in [1.29, 1.82) is 0 Å². The van der Waals surface area contributed by atoms with Gasteiger partial charge in [0.2, 0.25) is 0 Å². The molecule has 2 N–H and O–H groups in total. The zero-order valence-corrected chi connectivity index (χ0v) is 11.0. The van der Waals surface area contributed by atoms with Crippen molar-refractivity contribution in [3.05, 3.63) is 34.3 Å². The summed E-state index contributed by atoms with van der Waals surface area (Å²) >= 11 is 9.35. The minimum Gasteiger partial charge on any atom is -0.465 e. The topological polar surface area (TPSA) is 49.3 Å². The van der Waals surface area contributed by atoms with Crippen LogP contribution < -0.4 is 5.32 Å². The molecule has 0 aliphatic carbocycles. The van der Waals surface area contributed by atoms with Crippen molar-refractivity contribution in [2.75, 3.05) is 6.54 Å². The smallest absolute Gasteiger partial charge is 0.404 e. The molecule has 1 aromatic rings. The van der Waals surface area contributed by atoms with E-state index in [1.807, 2.05) is 18.2 Å². The van der Waals surface area contributed by atoms with Gasteiger partial charge in [0.1, 0.15) is 0 Å². The van der Waals surface area contributed by atoms with Gasteiger partial charge in [-0.1, -0.05) is 39.7 Å². The van der Waals surface area contributed by atoms with Crippen LogP contribution in [0.15, 0.2) is 18.2 Å². The first-order chi connectivity index (χ1) is 7.63. The van der Waals surface area contributed by atoms with Crippen LogP contribution in [-0.2, 0) is 11.8 Å². The van der Waals surface area contributed by atoms with Crippen molar-refractivity contribution in [2.45, 2.75) is 18.2 Å². The third-order valence-electron chi connectivity index (χ3n) is 2.17. The summed E-state index contributed by atoms with van der Waals surface area (Å²) in [5.74, 6) is 0. The minimum absolute atomic E-state index is 0.474. The fourth-order valence-electron chi connectivity index (χ4n) is 1.37. The van der Waals surface area contributed by atoms with Crippen LogP contribution in [0.25, 0.3) is 0 Å². The Kier molecular flexibility index (Phi) is 5.63. The molecule has 1 rings (SSSR count). The molecule has 0 aliphatic rings. The van der Waals surface area contributed by atoms with Crippen LogP contribution in [-0.4, -0.2) is 17.7 Å². The summed E-state index contributed by atoms with van der Waals surface area (Å²) in [5.41, 5.74) is 2.23. The van der Waals surface area contributed by atoms with Gasteiger partial charge in [0.05, 0.1) is 0 Å². The summed E-state index contributed by atoms with van der Waals surface area (Å²) in [6.07, 6.45) is 0.657. The number of aryl methyl sites for hydroxylation is 1. The number of amides is 1. The standard InChI is InChI=1S/C11H13BrClNO2/c12-7-9-6-8(3-4-10(9)13)2-1-5-14-11(15)16/h3-4,6,14H,1-2,5,7H2,(H,15,16). The molecule has 1 amide bonds. The number of hydrogen-bond acceptors (Lipinski definition) is 1. The quantitative estimate of drug-likeness (QED) is 0.647. The van der Waals surface area contributed by atoms with Crippen molar-refractivity contribution < 1.29 is 9.90 Å². The summed E-state index contributed by atoms with van der Waals surface area (Å²) < 4.78 is 0. The molecule has 0 aromatic heterocycles. The Hall–Kier alpha value is -0.740. The second-order valence-electron chi connectivity index (χ2n) is 3.39. The second-order valence-corrected chi connectivity index (χ2v) is 4.36. The van der Waals surface area contributed by atoms with E-state index in [9.17, 15) is 4.79 Å². The Labute approximate surface area is 108 Å².